The zero-order chi connectivity index (χ0) is 15.0. The zero-order valence-electron chi connectivity index (χ0n) is 12.0. The van der Waals surface area contributed by atoms with Crippen molar-refractivity contribution in [2.45, 2.75) is 31.9 Å². The Balaban J connectivity index is 1.94. The molecule has 2 aromatic carbocycles. The summed E-state index contributed by atoms with van der Waals surface area (Å²) >= 11 is 5.80. The molecular formula is C17H17ClFNO. The lowest BCUT2D eigenvalue weighted by molar-refractivity contribution is 0.0758. The van der Waals surface area contributed by atoms with Crippen LogP contribution >= 0.6 is 11.6 Å². The minimum atomic E-state index is -0.343. The molecule has 0 radical (unpaired) electrons. The van der Waals surface area contributed by atoms with E-state index in [0.717, 1.165) is 17.7 Å². The summed E-state index contributed by atoms with van der Waals surface area (Å²) in [5, 5.41) is 3.67. The van der Waals surface area contributed by atoms with Crippen LogP contribution in [0.2, 0.25) is 5.02 Å². The Hall–Kier alpha value is -1.74. The van der Waals surface area contributed by atoms with E-state index < -0.39 is 0 Å². The molecule has 1 N–H and O–H groups in total. The largest absolute Gasteiger partial charge is 0.487 e. The number of rotatable bonds is 2. The summed E-state index contributed by atoms with van der Waals surface area (Å²) in [5.74, 6) is 0.505. The molecule has 1 unspecified atom stereocenters. The average molecular weight is 306 g/mol. The number of para-hydroxylation sites is 1. The van der Waals surface area contributed by atoms with Crippen LogP contribution in [-0.2, 0) is 0 Å². The van der Waals surface area contributed by atoms with Gasteiger partial charge in [0.05, 0.1) is 11.7 Å². The maximum atomic E-state index is 14.0. The Morgan fingerprint density at radius 3 is 2.76 bits per heavy atom. The monoisotopic (exact) mass is 305 g/mol. The molecule has 2 aromatic rings. The van der Waals surface area contributed by atoms with Gasteiger partial charge < -0.3 is 10.1 Å². The summed E-state index contributed by atoms with van der Waals surface area (Å²) in [6, 6.07) is 12.5. The third kappa shape index (κ3) is 2.98. The Bertz CT molecular complexity index is 672. The Morgan fingerprint density at radius 2 is 2.00 bits per heavy atom. The molecular weight excluding hydrogens is 289 g/mol. The van der Waals surface area contributed by atoms with Crippen LogP contribution in [-0.4, -0.2) is 5.60 Å². The van der Waals surface area contributed by atoms with Crippen LogP contribution in [0.3, 0.4) is 0 Å². The first-order chi connectivity index (χ1) is 9.94. The van der Waals surface area contributed by atoms with Gasteiger partial charge in [-0.3, -0.25) is 0 Å². The maximum absolute atomic E-state index is 14.0. The SMILES string of the molecule is CC1(C)CC(Nc2ccc(Cl)cc2F)c2ccccc2O1. The van der Waals surface area contributed by atoms with E-state index in [-0.39, 0.29) is 17.5 Å². The maximum Gasteiger partial charge on any atom is 0.147 e. The molecule has 21 heavy (non-hydrogen) atoms. The smallest absolute Gasteiger partial charge is 0.147 e. The van der Waals surface area contributed by atoms with Crippen molar-refractivity contribution in [3.63, 3.8) is 0 Å². The van der Waals surface area contributed by atoms with Crippen LogP contribution in [0.15, 0.2) is 42.5 Å². The van der Waals surface area contributed by atoms with Gasteiger partial charge in [0.2, 0.25) is 0 Å². The highest BCUT2D eigenvalue weighted by atomic mass is 35.5. The normalized spacial score (nSPS) is 19.5. The highest BCUT2D eigenvalue weighted by molar-refractivity contribution is 6.30. The predicted octanol–water partition coefficient (Wildman–Crippen LogP) is 5.19. The third-order valence-corrected chi connectivity index (χ3v) is 3.87. The molecule has 0 fully saturated rings. The first-order valence-corrected chi connectivity index (χ1v) is 7.32. The molecule has 0 aromatic heterocycles. The first kappa shape index (κ1) is 14.2. The van der Waals surface area contributed by atoms with Crippen LogP contribution in [0.5, 0.6) is 5.75 Å². The van der Waals surface area contributed by atoms with Gasteiger partial charge in [-0.2, -0.15) is 0 Å². The summed E-state index contributed by atoms with van der Waals surface area (Å²) in [5.41, 5.74) is 1.21. The van der Waals surface area contributed by atoms with Gasteiger partial charge in [0.1, 0.15) is 17.2 Å². The molecule has 2 nitrogen and oxygen atoms in total. The van der Waals surface area contributed by atoms with Crippen molar-refractivity contribution in [3.05, 3.63) is 58.9 Å². The standard InChI is InChI=1S/C17H17ClFNO/c1-17(2)10-15(12-5-3-4-6-16(12)21-17)20-14-8-7-11(18)9-13(14)19/h3-9,15,20H,10H2,1-2H3. The van der Waals surface area contributed by atoms with E-state index >= 15 is 0 Å². The minimum Gasteiger partial charge on any atom is -0.487 e. The number of halogens is 2. The molecule has 110 valence electrons. The van der Waals surface area contributed by atoms with Crippen LogP contribution < -0.4 is 10.1 Å². The Morgan fingerprint density at radius 1 is 1.24 bits per heavy atom. The number of benzene rings is 2. The van der Waals surface area contributed by atoms with Gasteiger partial charge >= 0.3 is 0 Å². The molecule has 0 saturated heterocycles. The van der Waals surface area contributed by atoms with Crippen molar-refractivity contribution >= 4 is 17.3 Å². The fraction of sp³-hybridized carbons (Fsp3) is 0.294. The lowest BCUT2D eigenvalue weighted by Crippen LogP contribution is -2.37. The van der Waals surface area contributed by atoms with Crippen molar-refractivity contribution in [3.8, 4) is 5.75 Å². The van der Waals surface area contributed by atoms with Crippen molar-refractivity contribution in [2.75, 3.05) is 5.32 Å². The molecule has 0 spiro atoms. The Labute approximate surface area is 128 Å². The quantitative estimate of drug-likeness (QED) is 0.824. The number of hydrogen-bond donors (Lipinski definition) is 1. The van der Waals surface area contributed by atoms with Gasteiger partial charge in [-0.15, -0.1) is 0 Å². The number of nitrogens with one attached hydrogen (secondary N) is 1. The van der Waals surface area contributed by atoms with E-state index in [0.29, 0.717) is 10.7 Å². The second kappa shape index (κ2) is 5.23. The molecule has 3 rings (SSSR count). The summed E-state index contributed by atoms with van der Waals surface area (Å²) in [4.78, 5) is 0. The predicted molar refractivity (Wildman–Crippen MR) is 83.5 cm³/mol. The third-order valence-electron chi connectivity index (χ3n) is 3.64. The second-order valence-electron chi connectivity index (χ2n) is 5.92. The molecule has 4 heteroatoms. The van der Waals surface area contributed by atoms with Crippen LogP contribution in [0.4, 0.5) is 10.1 Å². The molecule has 0 amide bonds. The molecule has 0 saturated carbocycles. The average Bonchev–Trinajstić information content (AvgIpc) is 2.40. The van der Waals surface area contributed by atoms with Crippen molar-refractivity contribution < 1.29 is 9.13 Å². The highest BCUT2D eigenvalue weighted by Gasteiger charge is 2.33. The first-order valence-electron chi connectivity index (χ1n) is 6.94. The molecule has 0 aliphatic carbocycles. The lowest BCUT2D eigenvalue weighted by Gasteiger charge is -2.38. The van der Waals surface area contributed by atoms with Crippen molar-refractivity contribution in [1.29, 1.82) is 0 Å². The van der Waals surface area contributed by atoms with E-state index in [1.54, 1.807) is 12.1 Å². The fourth-order valence-electron chi connectivity index (χ4n) is 2.73. The number of anilines is 1. The molecule has 1 atom stereocenters. The highest BCUT2D eigenvalue weighted by Crippen LogP contribution is 2.41. The van der Waals surface area contributed by atoms with Gasteiger partial charge in [0.25, 0.3) is 0 Å². The van der Waals surface area contributed by atoms with Gasteiger partial charge in [0.15, 0.2) is 0 Å². The molecule has 1 heterocycles. The fourth-order valence-corrected chi connectivity index (χ4v) is 2.88. The summed E-state index contributed by atoms with van der Waals surface area (Å²) in [6.07, 6.45) is 0.756. The molecule has 0 bridgehead atoms. The minimum absolute atomic E-state index is 0.000579. The Kier molecular flexibility index (Phi) is 3.54. The van der Waals surface area contributed by atoms with E-state index in [2.05, 4.69) is 5.32 Å². The lowest BCUT2D eigenvalue weighted by atomic mass is 9.89. The number of ether oxygens (including phenoxy) is 1. The van der Waals surface area contributed by atoms with E-state index in [4.69, 9.17) is 16.3 Å². The van der Waals surface area contributed by atoms with Gasteiger partial charge in [-0.05, 0) is 38.1 Å². The van der Waals surface area contributed by atoms with Crippen LogP contribution in [0.25, 0.3) is 0 Å². The van der Waals surface area contributed by atoms with Crippen molar-refractivity contribution in [1.82, 2.24) is 0 Å². The zero-order valence-corrected chi connectivity index (χ0v) is 12.7. The van der Waals surface area contributed by atoms with Crippen molar-refractivity contribution in [2.24, 2.45) is 0 Å². The topological polar surface area (TPSA) is 21.3 Å². The van der Waals surface area contributed by atoms with E-state index in [1.807, 2.05) is 38.1 Å². The van der Waals surface area contributed by atoms with Gasteiger partial charge in [-0.1, -0.05) is 29.8 Å². The molecule has 1 aliphatic rings. The summed E-state index contributed by atoms with van der Waals surface area (Å²) < 4.78 is 20.0. The molecule has 1 aliphatic heterocycles. The van der Waals surface area contributed by atoms with E-state index in [9.17, 15) is 4.39 Å². The summed E-state index contributed by atoms with van der Waals surface area (Å²) in [7, 11) is 0. The van der Waals surface area contributed by atoms with Crippen LogP contribution in [0, 0.1) is 5.82 Å². The number of fused-ring (bicyclic) bond motifs is 1. The van der Waals surface area contributed by atoms with Gasteiger partial charge in [0, 0.05) is 17.0 Å². The van der Waals surface area contributed by atoms with Gasteiger partial charge in [-0.25, -0.2) is 4.39 Å². The summed E-state index contributed by atoms with van der Waals surface area (Å²) in [6.45, 7) is 4.08. The second-order valence-corrected chi connectivity index (χ2v) is 6.36. The van der Waals surface area contributed by atoms with Crippen LogP contribution in [0.1, 0.15) is 31.9 Å². The number of hydrogen-bond acceptors (Lipinski definition) is 2. The van der Waals surface area contributed by atoms with E-state index in [1.165, 1.54) is 6.07 Å².